The number of ketones is 1. The van der Waals surface area contributed by atoms with Crippen molar-refractivity contribution in [3.8, 4) is 0 Å². The summed E-state index contributed by atoms with van der Waals surface area (Å²) in [5, 5.41) is 0. The van der Waals surface area contributed by atoms with Crippen molar-refractivity contribution >= 4 is 11.8 Å². The monoisotopic (exact) mass is 544 g/mol. The maximum Gasteiger partial charge on any atom is 0.313 e. The van der Waals surface area contributed by atoms with Crippen LogP contribution in [0.4, 0.5) is 0 Å². The largest absolute Gasteiger partial charge is 0.460 e. The Morgan fingerprint density at radius 2 is 1.57 bits per heavy atom. The number of hydrogen-bond acceptors (Lipinski definition) is 3. The topological polar surface area (TPSA) is 43.4 Å². The van der Waals surface area contributed by atoms with E-state index < -0.39 is 5.41 Å². The molecule has 0 aliphatic heterocycles. The van der Waals surface area contributed by atoms with Gasteiger partial charge in [0.25, 0.3) is 0 Å². The number of fused-ring (bicyclic) bond motifs is 7. The van der Waals surface area contributed by atoms with Crippen molar-refractivity contribution in [1.82, 2.24) is 0 Å². The summed E-state index contributed by atoms with van der Waals surface area (Å²) in [6, 6.07) is 10.1. The average molecular weight is 545 g/mol. The Morgan fingerprint density at radius 1 is 0.875 bits per heavy atom. The van der Waals surface area contributed by atoms with Crippen LogP contribution in [0.1, 0.15) is 118 Å². The number of Topliss-reactive ketones (excluding diaryl/α,β-unsaturated/α-hetero) is 1. The van der Waals surface area contributed by atoms with E-state index in [1.165, 1.54) is 6.42 Å². The molecule has 40 heavy (non-hydrogen) atoms. The zero-order chi connectivity index (χ0) is 28.8. The second kappa shape index (κ2) is 9.05. The zero-order valence-corrected chi connectivity index (χ0v) is 26.2. The highest BCUT2D eigenvalue weighted by molar-refractivity contribution is 5.85. The van der Waals surface area contributed by atoms with Gasteiger partial charge in [-0.05, 0) is 103 Å². The molecule has 6 rings (SSSR count). The van der Waals surface area contributed by atoms with Gasteiger partial charge in [-0.15, -0.1) is 0 Å². The second-order valence-corrected chi connectivity index (χ2v) is 16.6. The van der Waals surface area contributed by atoms with Crippen molar-refractivity contribution in [3.05, 3.63) is 47.5 Å². The molecule has 1 aromatic rings. The molecule has 3 heteroatoms. The zero-order valence-electron chi connectivity index (χ0n) is 26.2. The molecule has 0 amide bonds. The number of esters is 1. The van der Waals surface area contributed by atoms with Crippen LogP contribution >= 0.6 is 0 Å². The van der Waals surface area contributed by atoms with E-state index in [1.807, 2.05) is 30.3 Å². The molecule has 0 radical (unpaired) electrons. The molecule has 0 bridgehead atoms. The molecule has 2 unspecified atom stereocenters. The van der Waals surface area contributed by atoms with E-state index in [-0.39, 0.29) is 39.0 Å². The second-order valence-electron chi connectivity index (χ2n) is 16.6. The van der Waals surface area contributed by atoms with Crippen molar-refractivity contribution < 1.29 is 14.3 Å². The third-order valence-electron chi connectivity index (χ3n) is 14.0. The lowest BCUT2D eigenvalue weighted by atomic mass is 9.33. The molecule has 4 saturated carbocycles. The number of rotatable bonds is 3. The maximum atomic E-state index is 14.1. The Hall–Kier alpha value is -1.90. The summed E-state index contributed by atoms with van der Waals surface area (Å²) in [5.41, 5.74) is 2.68. The fourth-order valence-corrected chi connectivity index (χ4v) is 11.3. The van der Waals surface area contributed by atoms with E-state index in [0.29, 0.717) is 24.2 Å². The predicted molar refractivity (Wildman–Crippen MR) is 160 cm³/mol. The van der Waals surface area contributed by atoms with Crippen molar-refractivity contribution in [1.29, 1.82) is 0 Å². The van der Waals surface area contributed by atoms with Crippen LogP contribution in [-0.4, -0.2) is 11.8 Å². The van der Waals surface area contributed by atoms with Gasteiger partial charge in [-0.2, -0.15) is 0 Å². The number of ether oxygens (including phenoxy) is 1. The third kappa shape index (κ3) is 3.81. The van der Waals surface area contributed by atoms with E-state index in [2.05, 4.69) is 54.5 Å². The Balaban J connectivity index is 1.37. The highest BCUT2D eigenvalue weighted by Gasteiger charge is 2.69. The Kier molecular flexibility index (Phi) is 6.39. The standard InChI is InChI=1S/C37H52O3/c1-32(2)19-21-37(31(39)40-24-25-11-9-8-10-12-25)22-20-35(6)26(27(37)23-32)13-14-29-34(5)17-16-30(38)33(3,4)28(34)15-18-36(29,35)7/h8-13,27-29H,14-24H2,1-7H3/t27-,28?,29?,34-,35+,36+,37-/m0/s1. The van der Waals surface area contributed by atoms with E-state index in [1.54, 1.807) is 5.57 Å². The summed E-state index contributed by atoms with van der Waals surface area (Å²) in [5.74, 6) is 1.80. The minimum atomic E-state index is -0.404. The molecule has 5 aliphatic rings. The van der Waals surface area contributed by atoms with E-state index in [9.17, 15) is 9.59 Å². The van der Waals surface area contributed by atoms with Gasteiger partial charge in [0.15, 0.2) is 0 Å². The van der Waals surface area contributed by atoms with Gasteiger partial charge in [-0.25, -0.2) is 0 Å². The Morgan fingerprint density at radius 3 is 2.30 bits per heavy atom. The predicted octanol–water partition coefficient (Wildman–Crippen LogP) is 9.10. The molecule has 0 aromatic heterocycles. The van der Waals surface area contributed by atoms with Crippen LogP contribution in [0.5, 0.6) is 0 Å². The van der Waals surface area contributed by atoms with Crippen LogP contribution in [0, 0.1) is 50.2 Å². The fourth-order valence-electron chi connectivity index (χ4n) is 11.3. The van der Waals surface area contributed by atoms with Gasteiger partial charge in [0.05, 0.1) is 5.41 Å². The average Bonchev–Trinajstić information content (AvgIpc) is 2.90. The van der Waals surface area contributed by atoms with Gasteiger partial charge in [0.1, 0.15) is 12.4 Å². The Bertz CT molecular complexity index is 1230. The highest BCUT2D eigenvalue weighted by Crippen LogP contribution is 2.75. The molecule has 7 atom stereocenters. The molecule has 4 fully saturated rings. The van der Waals surface area contributed by atoms with Crippen LogP contribution in [0.3, 0.4) is 0 Å². The number of benzene rings is 1. The van der Waals surface area contributed by atoms with Crippen LogP contribution in [-0.2, 0) is 20.9 Å². The summed E-state index contributed by atoms with van der Waals surface area (Å²) in [6.45, 7) is 17.3. The van der Waals surface area contributed by atoms with Gasteiger partial charge in [0.2, 0.25) is 0 Å². The summed E-state index contributed by atoms with van der Waals surface area (Å²) in [6.07, 6.45) is 12.9. The number of carbonyl (C=O) groups excluding carboxylic acids is 2. The first-order valence-electron chi connectivity index (χ1n) is 16.1. The fraction of sp³-hybridized carbons (Fsp3) is 0.730. The smallest absolute Gasteiger partial charge is 0.313 e. The van der Waals surface area contributed by atoms with Gasteiger partial charge in [0, 0.05) is 11.8 Å². The van der Waals surface area contributed by atoms with Gasteiger partial charge in [-0.3, -0.25) is 9.59 Å². The van der Waals surface area contributed by atoms with Crippen molar-refractivity contribution in [3.63, 3.8) is 0 Å². The van der Waals surface area contributed by atoms with Crippen LogP contribution < -0.4 is 0 Å². The summed E-state index contributed by atoms with van der Waals surface area (Å²) in [7, 11) is 0. The highest BCUT2D eigenvalue weighted by atomic mass is 16.5. The third-order valence-corrected chi connectivity index (χ3v) is 14.0. The molecule has 3 nitrogen and oxygen atoms in total. The number of allylic oxidation sites excluding steroid dienone is 2. The molecule has 0 N–H and O–H groups in total. The lowest BCUT2D eigenvalue weighted by Crippen LogP contribution is -2.64. The van der Waals surface area contributed by atoms with Crippen molar-refractivity contribution in [2.24, 2.45) is 50.2 Å². The minimum Gasteiger partial charge on any atom is -0.460 e. The molecular formula is C37H52O3. The van der Waals surface area contributed by atoms with E-state index >= 15 is 0 Å². The summed E-state index contributed by atoms with van der Waals surface area (Å²) < 4.78 is 6.16. The van der Waals surface area contributed by atoms with E-state index in [0.717, 1.165) is 63.4 Å². The van der Waals surface area contributed by atoms with Crippen LogP contribution in [0.2, 0.25) is 0 Å². The SMILES string of the molecule is CC1(C)CC[C@]2(C(=O)OCc3ccccc3)CC[C@]3(C)C(=CCC4[C@@]5(C)CCC(=O)C(C)(C)C5CC[C@]43C)[C@@H]2C1. The number of carbonyl (C=O) groups is 2. The van der Waals surface area contributed by atoms with Crippen LogP contribution in [0.25, 0.3) is 0 Å². The molecule has 5 aliphatic carbocycles. The lowest BCUT2D eigenvalue weighted by Gasteiger charge is -2.70. The first-order chi connectivity index (χ1) is 18.7. The quantitative estimate of drug-likeness (QED) is 0.281. The Labute approximate surface area is 242 Å². The lowest BCUT2D eigenvalue weighted by molar-refractivity contribution is -0.191. The van der Waals surface area contributed by atoms with Crippen molar-refractivity contribution in [2.45, 2.75) is 119 Å². The van der Waals surface area contributed by atoms with Crippen molar-refractivity contribution in [2.75, 3.05) is 0 Å². The normalized spacial score (nSPS) is 43.3. The molecule has 1 aromatic carbocycles. The van der Waals surface area contributed by atoms with Crippen LogP contribution in [0.15, 0.2) is 42.0 Å². The molecule has 0 spiro atoms. The molecule has 0 saturated heterocycles. The summed E-state index contributed by atoms with van der Waals surface area (Å²) in [4.78, 5) is 27.2. The molecule has 0 heterocycles. The minimum absolute atomic E-state index is 0.0373. The van der Waals surface area contributed by atoms with Gasteiger partial charge < -0.3 is 4.74 Å². The van der Waals surface area contributed by atoms with E-state index in [4.69, 9.17) is 4.74 Å². The molecular weight excluding hydrogens is 492 g/mol. The summed E-state index contributed by atoms with van der Waals surface area (Å²) >= 11 is 0. The first kappa shape index (κ1) is 28.2. The molecule has 218 valence electrons. The number of hydrogen-bond donors (Lipinski definition) is 0. The maximum absolute atomic E-state index is 14.1. The van der Waals surface area contributed by atoms with Gasteiger partial charge in [-0.1, -0.05) is 90.4 Å². The first-order valence-corrected chi connectivity index (χ1v) is 16.1. The van der Waals surface area contributed by atoms with Gasteiger partial charge >= 0.3 is 5.97 Å².